The first kappa shape index (κ1) is 23.5. The number of ether oxygens (including phenoxy) is 2. The number of nitrogens with one attached hydrogen (secondary N) is 1. The molecule has 0 aromatic heterocycles. The Hall–Kier alpha value is -2.74. The Morgan fingerprint density at radius 2 is 1.73 bits per heavy atom. The average Bonchev–Trinajstić information content (AvgIpc) is 2.70. The smallest absolute Gasteiger partial charge is 0.241 e. The van der Waals surface area contributed by atoms with Crippen molar-refractivity contribution in [2.45, 2.75) is 26.3 Å². The molecule has 0 saturated carbocycles. The van der Waals surface area contributed by atoms with E-state index in [0.717, 1.165) is 22.5 Å². The molecule has 0 saturated heterocycles. The van der Waals surface area contributed by atoms with Crippen LogP contribution in [0.5, 0.6) is 11.5 Å². The molecule has 30 heavy (non-hydrogen) atoms. The van der Waals surface area contributed by atoms with Gasteiger partial charge in [0.05, 0.1) is 32.2 Å². The lowest BCUT2D eigenvalue weighted by molar-refractivity contribution is -0.120. The molecule has 1 N–H and O–H groups in total. The number of sulfonamides is 1. The summed E-state index contributed by atoms with van der Waals surface area (Å²) >= 11 is 0. The van der Waals surface area contributed by atoms with E-state index in [1.54, 1.807) is 12.1 Å². The highest BCUT2D eigenvalue weighted by Gasteiger charge is 2.26. The summed E-state index contributed by atoms with van der Waals surface area (Å²) in [4.78, 5) is 12.9. The first-order valence-electron chi connectivity index (χ1n) is 9.69. The van der Waals surface area contributed by atoms with Crippen molar-refractivity contribution in [3.63, 3.8) is 0 Å². The quantitative estimate of drug-likeness (QED) is 0.620. The number of anilines is 1. The van der Waals surface area contributed by atoms with Gasteiger partial charge in [0, 0.05) is 6.07 Å². The lowest BCUT2D eigenvalue weighted by Gasteiger charge is -2.26. The zero-order valence-corrected chi connectivity index (χ0v) is 18.9. The first-order chi connectivity index (χ1) is 14.2. The van der Waals surface area contributed by atoms with Gasteiger partial charge in [0.1, 0.15) is 18.0 Å². The molecule has 7 nitrogen and oxygen atoms in total. The summed E-state index contributed by atoms with van der Waals surface area (Å²) in [6.07, 6.45) is 1.79. The molecular weight excluding hydrogens is 404 g/mol. The predicted octanol–water partition coefficient (Wildman–Crippen LogP) is 3.37. The zero-order chi connectivity index (χ0) is 22.3. The third-order valence-electron chi connectivity index (χ3n) is 4.59. The fourth-order valence-electron chi connectivity index (χ4n) is 3.18. The van der Waals surface area contributed by atoms with Gasteiger partial charge in [0.2, 0.25) is 15.9 Å². The molecule has 0 heterocycles. The number of methoxy groups -OCH3 is 2. The minimum Gasteiger partial charge on any atom is -0.497 e. The van der Waals surface area contributed by atoms with Crippen molar-refractivity contribution in [1.82, 2.24) is 5.32 Å². The molecule has 2 aromatic carbocycles. The summed E-state index contributed by atoms with van der Waals surface area (Å²) in [5, 5.41) is 2.99. The summed E-state index contributed by atoms with van der Waals surface area (Å²) in [5.74, 6) is 0.734. The molecule has 1 unspecified atom stereocenters. The molecule has 0 radical (unpaired) electrons. The molecule has 0 aliphatic rings. The van der Waals surface area contributed by atoms with Crippen LogP contribution in [0.3, 0.4) is 0 Å². The van der Waals surface area contributed by atoms with Crippen LogP contribution in [0.25, 0.3) is 0 Å². The number of hydrogen-bond acceptors (Lipinski definition) is 5. The van der Waals surface area contributed by atoms with Crippen LogP contribution in [0.2, 0.25) is 0 Å². The van der Waals surface area contributed by atoms with Crippen LogP contribution in [0.15, 0.2) is 48.5 Å². The number of hydrogen-bond donors (Lipinski definition) is 1. The highest BCUT2D eigenvalue weighted by atomic mass is 32.2. The normalized spacial score (nSPS) is 12.3. The Morgan fingerprint density at radius 1 is 1.07 bits per heavy atom. The molecular formula is C22H30N2O5S. The van der Waals surface area contributed by atoms with Crippen molar-refractivity contribution in [2.75, 3.05) is 31.3 Å². The average molecular weight is 435 g/mol. The minimum atomic E-state index is -3.76. The summed E-state index contributed by atoms with van der Waals surface area (Å²) in [5.41, 5.74) is 1.22. The molecule has 0 aliphatic carbocycles. The van der Waals surface area contributed by atoms with Crippen molar-refractivity contribution in [3.05, 3.63) is 54.1 Å². The van der Waals surface area contributed by atoms with Crippen LogP contribution in [0.1, 0.15) is 31.9 Å². The standard InChI is InChI=1S/C22H30N2O5S/c1-16(2)13-19(17-9-7-6-8-10-17)23-22(25)15-24(30(5,26)27)20-14-18(28-3)11-12-21(20)29-4/h6-12,14,16,19H,13,15H2,1-5H3,(H,23,25). The van der Waals surface area contributed by atoms with E-state index in [0.29, 0.717) is 17.4 Å². The topological polar surface area (TPSA) is 84.9 Å². The Labute approximate surface area is 179 Å². The molecule has 0 fully saturated rings. The number of carbonyl (C=O) groups excluding carboxylic acids is 1. The molecule has 2 aromatic rings. The van der Waals surface area contributed by atoms with E-state index in [9.17, 15) is 13.2 Å². The lowest BCUT2D eigenvalue weighted by Crippen LogP contribution is -2.42. The van der Waals surface area contributed by atoms with Gasteiger partial charge in [0.15, 0.2) is 0 Å². The Bertz CT molecular complexity index is 945. The Balaban J connectivity index is 2.32. The van der Waals surface area contributed by atoms with E-state index in [1.165, 1.54) is 20.3 Å². The summed E-state index contributed by atoms with van der Waals surface area (Å²) in [7, 11) is -0.827. The van der Waals surface area contributed by atoms with Crippen molar-refractivity contribution in [2.24, 2.45) is 5.92 Å². The van der Waals surface area contributed by atoms with Gasteiger partial charge in [-0.25, -0.2) is 8.42 Å². The number of rotatable bonds is 10. The van der Waals surface area contributed by atoms with Gasteiger partial charge >= 0.3 is 0 Å². The van der Waals surface area contributed by atoms with E-state index in [1.807, 2.05) is 30.3 Å². The van der Waals surface area contributed by atoms with E-state index < -0.39 is 15.9 Å². The van der Waals surface area contributed by atoms with Crippen LogP contribution in [-0.4, -0.2) is 41.3 Å². The van der Waals surface area contributed by atoms with Gasteiger partial charge in [-0.1, -0.05) is 44.2 Å². The second kappa shape index (κ2) is 10.3. The number of carbonyl (C=O) groups is 1. The van der Waals surface area contributed by atoms with Crippen molar-refractivity contribution >= 4 is 21.6 Å². The third kappa shape index (κ3) is 6.38. The molecule has 164 valence electrons. The van der Waals surface area contributed by atoms with Gasteiger partial charge in [-0.2, -0.15) is 0 Å². The Morgan fingerprint density at radius 3 is 2.27 bits per heavy atom. The van der Waals surface area contributed by atoms with Crippen LogP contribution >= 0.6 is 0 Å². The van der Waals surface area contributed by atoms with E-state index in [4.69, 9.17) is 9.47 Å². The third-order valence-corrected chi connectivity index (χ3v) is 5.71. The fraction of sp³-hybridized carbons (Fsp3) is 0.409. The molecule has 0 aliphatic heterocycles. The fourth-order valence-corrected chi connectivity index (χ4v) is 4.03. The van der Waals surface area contributed by atoms with E-state index in [-0.39, 0.29) is 18.3 Å². The largest absolute Gasteiger partial charge is 0.497 e. The zero-order valence-electron chi connectivity index (χ0n) is 18.1. The number of benzene rings is 2. The second-order valence-corrected chi connectivity index (χ2v) is 9.37. The molecule has 0 bridgehead atoms. The maximum Gasteiger partial charge on any atom is 0.241 e. The maximum absolute atomic E-state index is 12.9. The van der Waals surface area contributed by atoms with Gasteiger partial charge in [0.25, 0.3) is 0 Å². The summed E-state index contributed by atoms with van der Waals surface area (Å²) in [6, 6.07) is 14.2. The van der Waals surface area contributed by atoms with E-state index in [2.05, 4.69) is 19.2 Å². The van der Waals surface area contributed by atoms with Crippen LogP contribution in [-0.2, 0) is 14.8 Å². The second-order valence-electron chi connectivity index (χ2n) is 7.47. The highest BCUT2D eigenvalue weighted by molar-refractivity contribution is 7.92. The number of amides is 1. The molecule has 8 heteroatoms. The molecule has 1 atom stereocenters. The molecule has 1 amide bonds. The van der Waals surface area contributed by atoms with Gasteiger partial charge < -0.3 is 14.8 Å². The van der Waals surface area contributed by atoms with Crippen molar-refractivity contribution < 1.29 is 22.7 Å². The minimum absolute atomic E-state index is 0.215. The van der Waals surface area contributed by atoms with Crippen LogP contribution in [0.4, 0.5) is 5.69 Å². The van der Waals surface area contributed by atoms with Crippen LogP contribution < -0.4 is 19.1 Å². The first-order valence-corrected chi connectivity index (χ1v) is 11.5. The maximum atomic E-state index is 12.9. The van der Waals surface area contributed by atoms with Gasteiger partial charge in [-0.3, -0.25) is 9.10 Å². The molecule has 0 spiro atoms. The Kier molecular flexibility index (Phi) is 8.11. The summed E-state index contributed by atoms with van der Waals surface area (Å²) < 4.78 is 36.6. The van der Waals surface area contributed by atoms with Crippen LogP contribution in [0, 0.1) is 5.92 Å². The molecule has 2 rings (SSSR count). The van der Waals surface area contributed by atoms with E-state index >= 15 is 0 Å². The summed E-state index contributed by atoms with van der Waals surface area (Å²) in [6.45, 7) is 3.78. The van der Waals surface area contributed by atoms with Crippen molar-refractivity contribution in [3.8, 4) is 11.5 Å². The predicted molar refractivity (Wildman–Crippen MR) is 119 cm³/mol. The highest BCUT2D eigenvalue weighted by Crippen LogP contribution is 2.33. The number of nitrogens with zero attached hydrogens (tertiary/aromatic N) is 1. The van der Waals surface area contributed by atoms with Gasteiger partial charge in [-0.05, 0) is 30.0 Å². The van der Waals surface area contributed by atoms with Crippen molar-refractivity contribution in [1.29, 1.82) is 0 Å². The monoisotopic (exact) mass is 434 g/mol. The lowest BCUT2D eigenvalue weighted by atomic mass is 9.97. The SMILES string of the molecule is COc1ccc(OC)c(N(CC(=O)NC(CC(C)C)c2ccccc2)S(C)(=O)=O)c1. The van der Waals surface area contributed by atoms with Gasteiger partial charge in [-0.15, -0.1) is 0 Å².